The standard InChI is InChI=1S/C47H62F3N3O3/c1-45-20-21-47(49,50)30-33(45)13-14-36-38-15-17-43(46(38,2)19-18-39(36)45)56-27-9-5-3-4-8-22-52-23-25-53(26-24-52)44(55)37-28-32(12-16-40(37)48)29-41-34-10-6-7-11-35(34)42(54)31-51-41/h6-7,10-12,16,28,33,36,38-39,43H,3-5,8-9,13-15,17-27,29-31H2,1-2H3/t33-,36-,38-,39-,43-,45-,46-/m0/s1. The number of aliphatic imine (C=N–C) groups is 1. The third-order valence-corrected chi connectivity index (χ3v) is 15.7. The number of benzene rings is 2. The molecule has 2 aromatic carbocycles. The van der Waals surface area contributed by atoms with Gasteiger partial charge in [0.25, 0.3) is 5.91 Å². The molecule has 2 aromatic rings. The van der Waals surface area contributed by atoms with Gasteiger partial charge in [-0.1, -0.05) is 63.4 Å². The summed E-state index contributed by atoms with van der Waals surface area (Å²) in [4.78, 5) is 34.5. The molecule has 304 valence electrons. The number of unbranched alkanes of at least 4 members (excludes halogenated alkanes) is 4. The highest BCUT2D eigenvalue weighted by atomic mass is 19.3. The molecule has 0 radical (unpaired) electrons. The topological polar surface area (TPSA) is 62.2 Å². The molecule has 0 aromatic heterocycles. The molecule has 7 atom stereocenters. The number of hydrogen-bond donors (Lipinski definition) is 0. The molecule has 5 fully saturated rings. The summed E-state index contributed by atoms with van der Waals surface area (Å²) >= 11 is 0. The third-order valence-electron chi connectivity index (χ3n) is 15.7. The Kier molecular flexibility index (Phi) is 11.6. The summed E-state index contributed by atoms with van der Waals surface area (Å²) in [5.41, 5.74) is 3.49. The number of amides is 1. The first-order valence-corrected chi connectivity index (χ1v) is 21.9. The lowest BCUT2D eigenvalue weighted by Crippen LogP contribution is -2.55. The van der Waals surface area contributed by atoms with Crippen LogP contribution >= 0.6 is 0 Å². The van der Waals surface area contributed by atoms with Crippen molar-refractivity contribution in [2.45, 2.75) is 122 Å². The van der Waals surface area contributed by atoms with E-state index in [1.165, 1.54) is 44.6 Å². The summed E-state index contributed by atoms with van der Waals surface area (Å²) in [5.74, 6) is -1.07. The van der Waals surface area contributed by atoms with Gasteiger partial charge in [0, 0.05) is 68.9 Å². The number of Topliss-reactive ketones (excluding diaryl/α,β-unsaturated/α-hetero) is 1. The highest BCUT2D eigenvalue weighted by molar-refractivity contribution is 6.15. The van der Waals surface area contributed by atoms with E-state index in [0.717, 1.165) is 75.2 Å². The van der Waals surface area contributed by atoms with E-state index < -0.39 is 11.7 Å². The number of alkyl halides is 2. The zero-order valence-corrected chi connectivity index (χ0v) is 33.7. The predicted octanol–water partition coefficient (Wildman–Crippen LogP) is 9.83. The fourth-order valence-electron chi connectivity index (χ4n) is 12.4. The number of piperazine rings is 1. The van der Waals surface area contributed by atoms with Crippen molar-refractivity contribution in [3.8, 4) is 0 Å². The van der Waals surface area contributed by atoms with Crippen molar-refractivity contribution in [3.05, 3.63) is 70.5 Å². The molecule has 4 saturated carbocycles. The van der Waals surface area contributed by atoms with E-state index in [0.29, 0.717) is 55.4 Å². The first kappa shape index (κ1) is 39.8. The monoisotopic (exact) mass is 773 g/mol. The Balaban J connectivity index is 0.719. The van der Waals surface area contributed by atoms with Gasteiger partial charge >= 0.3 is 0 Å². The molecule has 6 aliphatic rings. The first-order chi connectivity index (χ1) is 26.9. The Bertz CT molecular complexity index is 1790. The minimum absolute atomic E-state index is 0.00158. The number of halogens is 3. The molecule has 8 rings (SSSR count). The molecular weight excluding hydrogens is 712 g/mol. The maximum atomic E-state index is 15.0. The van der Waals surface area contributed by atoms with E-state index in [4.69, 9.17) is 4.74 Å². The summed E-state index contributed by atoms with van der Waals surface area (Å²) in [6.07, 6.45) is 14.3. The van der Waals surface area contributed by atoms with Gasteiger partial charge in [0.2, 0.25) is 5.92 Å². The quantitative estimate of drug-likeness (QED) is 0.202. The van der Waals surface area contributed by atoms with E-state index in [9.17, 15) is 22.8 Å². The lowest BCUT2D eigenvalue weighted by molar-refractivity contribution is -0.169. The van der Waals surface area contributed by atoms with E-state index in [1.54, 1.807) is 17.0 Å². The summed E-state index contributed by atoms with van der Waals surface area (Å²) < 4.78 is 50.3. The van der Waals surface area contributed by atoms with Gasteiger partial charge in [-0.2, -0.15) is 0 Å². The molecule has 0 bridgehead atoms. The highest BCUT2D eigenvalue weighted by Gasteiger charge is 2.62. The SMILES string of the molecule is C[C@]12CCC(F)(F)C[C@@H]1CC[C@@H]1[C@@H]2CC[C@]2(C)[C@@H](OCCCCCCCN3CCN(C(=O)c4cc(CC5=NCC(=O)c6ccccc65)ccc4F)CC3)CC[C@@H]12. The van der Waals surface area contributed by atoms with Crippen LogP contribution in [0.1, 0.15) is 136 Å². The third kappa shape index (κ3) is 7.89. The normalized spacial score (nSPS) is 32.6. The molecule has 1 saturated heterocycles. The molecule has 0 N–H and O–H groups in total. The molecule has 0 unspecified atom stereocenters. The molecule has 0 spiro atoms. The summed E-state index contributed by atoms with van der Waals surface area (Å²) in [7, 11) is 0. The Labute approximate surface area is 332 Å². The number of fused-ring (bicyclic) bond motifs is 6. The van der Waals surface area contributed by atoms with Gasteiger partial charge in [0.15, 0.2) is 5.78 Å². The van der Waals surface area contributed by atoms with Gasteiger partial charge in [0.05, 0.1) is 11.7 Å². The fourth-order valence-corrected chi connectivity index (χ4v) is 12.4. The minimum atomic E-state index is -2.46. The minimum Gasteiger partial charge on any atom is -0.378 e. The second-order valence-electron chi connectivity index (χ2n) is 18.8. The number of hydrogen-bond acceptors (Lipinski definition) is 5. The van der Waals surface area contributed by atoms with Crippen molar-refractivity contribution in [1.82, 2.24) is 9.80 Å². The van der Waals surface area contributed by atoms with Crippen molar-refractivity contribution in [3.63, 3.8) is 0 Å². The van der Waals surface area contributed by atoms with Crippen LogP contribution in [0.3, 0.4) is 0 Å². The van der Waals surface area contributed by atoms with Crippen LogP contribution in [0.25, 0.3) is 0 Å². The van der Waals surface area contributed by atoms with Crippen LogP contribution in [0, 0.1) is 40.3 Å². The van der Waals surface area contributed by atoms with Crippen LogP contribution in [0.2, 0.25) is 0 Å². The van der Waals surface area contributed by atoms with Crippen molar-refractivity contribution in [1.29, 1.82) is 0 Å². The Morgan fingerprint density at radius 1 is 0.839 bits per heavy atom. The number of nitrogens with zero attached hydrogens (tertiary/aromatic N) is 3. The molecular formula is C47H62F3N3O3. The maximum absolute atomic E-state index is 15.0. The number of ether oxygens (including phenoxy) is 1. The molecule has 4 aliphatic carbocycles. The highest BCUT2D eigenvalue weighted by Crippen LogP contribution is 2.67. The van der Waals surface area contributed by atoms with Crippen LogP contribution in [0.15, 0.2) is 47.5 Å². The van der Waals surface area contributed by atoms with Gasteiger partial charge in [0.1, 0.15) is 12.4 Å². The van der Waals surface area contributed by atoms with Crippen molar-refractivity contribution >= 4 is 17.4 Å². The van der Waals surface area contributed by atoms with Gasteiger partial charge in [-0.3, -0.25) is 19.5 Å². The second kappa shape index (κ2) is 16.3. The van der Waals surface area contributed by atoms with Gasteiger partial charge in [-0.25, -0.2) is 13.2 Å². The van der Waals surface area contributed by atoms with Crippen molar-refractivity contribution in [2.24, 2.45) is 39.5 Å². The first-order valence-electron chi connectivity index (χ1n) is 21.9. The average Bonchev–Trinajstić information content (AvgIpc) is 3.53. The number of ketones is 1. The van der Waals surface area contributed by atoms with Crippen LogP contribution in [0.5, 0.6) is 0 Å². The molecule has 56 heavy (non-hydrogen) atoms. The van der Waals surface area contributed by atoms with Gasteiger partial charge < -0.3 is 9.64 Å². The fraction of sp³-hybridized carbons (Fsp3) is 0.681. The summed E-state index contributed by atoms with van der Waals surface area (Å²) in [5, 5.41) is 0. The summed E-state index contributed by atoms with van der Waals surface area (Å²) in [6, 6.07) is 12.2. The second-order valence-corrected chi connectivity index (χ2v) is 18.8. The molecule has 1 amide bonds. The smallest absolute Gasteiger partial charge is 0.256 e. The van der Waals surface area contributed by atoms with E-state index >= 15 is 0 Å². The lowest BCUT2D eigenvalue weighted by Gasteiger charge is -2.61. The van der Waals surface area contributed by atoms with Crippen LogP contribution < -0.4 is 0 Å². The van der Waals surface area contributed by atoms with Crippen molar-refractivity contribution < 1.29 is 27.5 Å². The Morgan fingerprint density at radius 3 is 2.41 bits per heavy atom. The molecule has 9 heteroatoms. The van der Waals surface area contributed by atoms with Crippen LogP contribution in [0.4, 0.5) is 13.2 Å². The number of carbonyl (C=O) groups is 2. The lowest BCUT2D eigenvalue weighted by atomic mass is 9.45. The van der Waals surface area contributed by atoms with Gasteiger partial charge in [-0.05, 0) is 117 Å². The molecule has 6 nitrogen and oxygen atoms in total. The number of rotatable bonds is 12. The number of carbonyl (C=O) groups excluding carboxylic acids is 2. The Morgan fingerprint density at radius 2 is 1.59 bits per heavy atom. The molecule has 2 aliphatic heterocycles. The van der Waals surface area contributed by atoms with Gasteiger partial charge in [-0.15, -0.1) is 0 Å². The zero-order valence-electron chi connectivity index (χ0n) is 33.7. The van der Waals surface area contributed by atoms with Crippen LogP contribution in [-0.2, 0) is 11.2 Å². The van der Waals surface area contributed by atoms with E-state index in [2.05, 4.69) is 23.7 Å². The van der Waals surface area contributed by atoms with E-state index in [-0.39, 0.29) is 53.4 Å². The predicted molar refractivity (Wildman–Crippen MR) is 214 cm³/mol. The zero-order chi connectivity index (χ0) is 39.1. The summed E-state index contributed by atoms with van der Waals surface area (Å²) in [6.45, 7) is 9.57. The Hall–Kier alpha value is -3.04. The van der Waals surface area contributed by atoms with E-state index in [1.807, 2.05) is 24.3 Å². The average molecular weight is 774 g/mol. The van der Waals surface area contributed by atoms with Crippen LogP contribution in [-0.4, -0.2) is 85.1 Å². The molecule has 2 heterocycles. The largest absolute Gasteiger partial charge is 0.378 e. The maximum Gasteiger partial charge on any atom is 0.256 e. The van der Waals surface area contributed by atoms with Crippen molar-refractivity contribution in [2.75, 3.05) is 45.9 Å².